The molecule has 0 heterocycles. The van der Waals surface area contributed by atoms with Crippen LogP contribution in [0.15, 0.2) is 0 Å². The molecule has 0 aliphatic rings. The Kier molecular flexibility index (Phi) is 5.06. The zero-order valence-corrected chi connectivity index (χ0v) is 8.41. The number of hydrogen-bond donors (Lipinski definition) is 1. The first kappa shape index (κ1) is 18.2. The number of aliphatic hydroxyl groups is 1. The zero-order chi connectivity index (χ0) is 15.8. The number of alkyl halides is 11. The van der Waals surface area contributed by atoms with Gasteiger partial charge in [0, 0.05) is 0 Å². The Morgan fingerprint density at radius 3 is 1.32 bits per heavy atom. The molecule has 0 saturated heterocycles. The molecule has 19 heavy (non-hydrogen) atoms. The minimum Gasteiger partial charge on any atom is -0.331 e. The molecule has 0 aromatic rings. The first-order valence-corrected chi connectivity index (χ1v) is 4.24. The van der Waals surface area contributed by atoms with E-state index in [2.05, 4.69) is 0 Å². The molecule has 0 bridgehead atoms. The van der Waals surface area contributed by atoms with E-state index in [4.69, 9.17) is 5.11 Å². The third-order valence-electron chi connectivity index (χ3n) is 1.97. The van der Waals surface area contributed by atoms with Gasteiger partial charge in [0.25, 0.3) is 6.43 Å². The first-order chi connectivity index (χ1) is 8.18. The van der Waals surface area contributed by atoms with Crippen molar-refractivity contribution in [1.29, 1.82) is 0 Å². The predicted molar refractivity (Wildman–Crippen MR) is 37.8 cm³/mol. The van der Waals surface area contributed by atoms with Crippen LogP contribution in [0.5, 0.6) is 0 Å². The molecule has 0 amide bonds. The van der Waals surface area contributed by atoms with Crippen LogP contribution in [0.3, 0.4) is 0 Å². The molecule has 0 fully saturated rings. The van der Waals surface area contributed by atoms with Crippen LogP contribution >= 0.6 is 0 Å². The van der Waals surface area contributed by atoms with Crippen LogP contribution in [0.4, 0.5) is 48.3 Å². The molecule has 1 nitrogen and oxygen atoms in total. The number of rotatable bonds is 6. The summed E-state index contributed by atoms with van der Waals surface area (Å²) in [6.45, 7) is 0. The molecule has 0 aromatic carbocycles. The molecule has 0 aliphatic heterocycles. The van der Waals surface area contributed by atoms with Crippen LogP contribution in [0.25, 0.3) is 0 Å². The van der Waals surface area contributed by atoms with E-state index in [0.717, 1.165) is 0 Å². The maximum atomic E-state index is 12.6. The fraction of sp³-hybridized carbons (Fsp3) is 1.00. The van der Waals surface area contributed by atoms with E-state index >= 15 is 0 Å². The highest BCUT2D eigenvalue weighted by Crippen LogP contribution is 2.48. The summed E-state index contributed by atoms with van der Waals surface area (Å²) >= 11 is 0. The SMILES string of the molecule is OC(F)(F)C(F)(F)C(F)(F)C(F)C(F)C(F)C(F)F. The summed E-state index contributed by atoms with van der Waals surface area (Å²) < 4.78 is 134. The van der Waals surface area contributed by atoms with E-state index in [0.29, 0.717) is 0 Å². The van der Waals surface area contributed by atoms with Crippen LogP contribution in [-0.2, 0) is 0 Å². The third-order valence-corrected chi connectivity index (χ3v) is 1.97. The summed E-state index contributed by atoms with van der Waals surface area (Å²) in [4.78, 5) is 0. The van der Waals surface area contributed by atoms with E-state index in [9.17, 15) is 48.3 Å². The molecule has 12 heteroatoms. The second-order valence-electron chi connectivity index (χ2n) is 3.36. The molecule has 0 aromatic heterocycles. The summed E-state index contributed by atoms with van der Waals surface area (Å²) in [7, 11) is 0. The molecule has 0 rings (SSSR count). The minimum absolute atomic E-state index is 4.23. The van der Waals surface area contributed by atoms with E-state index < -0.39 is 42.9 Å². The Hall–Kier alpha value is -0.810. The van der Waals surface area contributed by atoms with Crippen molar-refractivity contribution < 1.29 is 53.4 Å². The monoisotopic (exact) mass is 314 g/mol. The van der Waals surface area contributed by atoms with Gasteiger partial charge in [-0.15, -0.1) is 0 Å². The van der Waals surface area contributed by atoms with Gasteiger partial charge in [0.2, 0.25) is 6.17 Å². The van der Waals surface area contributed by atoms with Gasteiger partial charge < -0.3 is 5.11 Å². The van der Waals surface area contributed by atoms with Crippen molar-refractivity contribution in [3.8, 4) is 0 Å². The van der Waals surface area contributed by atoms with Gasteiger partial charge in [0.05, 0.1) is 0 Å². The second kappa shape index (κ2) is 5.29. The lowest BCUT2D eigenvalue weighted by atomic mass is 9.99. The third kappa shape index (κ3) is 3.20. The molecular formula is C7H5F11O. The first-order valence-electron chi connectivity index (χ1n) is 4.24. The van der Waals surface area contributed by atoms with E-state index in [-0.39, 0.29) is 0 Å². The van der Waals surface area contributed by atoms with Crippen molar-refractivity contribution in [1.82, 2.24) is 0 Å². The Bertz CT molecular complexity index is 298. The quantitative estimate of drug-likeness (QED) is 0.747. The summed E-state index contributed by atoms with van der Waals surface area (Å²) in [5, 5.41) is 7.47. The van der Waals surface area contributed by atoms with Crippen molar-refractivity contribution in [3.63, 3.8) is 0 Å². The lowest BCUT2D eigenvalue weighted by Crippen LogP contribution is -2.61. The van der Waals surface area contributed by atoms with Crippen molar-refractivity contribution in [3.05, 3.63) is 0 Å². The van der Waals surface area contributed by atoms with E-state index in [1.807, 2.05) is 0 Å². The van der Waals surface area contributed by atoms with Gasteiger partial charge in [0.15, 0.2) is 12.3 Å². The fourth-order valence-corrected chi connectivity index (χ4v) is 0.874. The Labute approximate surface area is 97.5 Å². The van der Waals surface area contributed by atoms with Gasteiger partial charge in [0.1, 0.15) is 0 Å². The second-order valence-corrected chi connectivity index (χ2v) is 3.36. The minimum atomic E-state index is -6.83. The van der Waals surface area contributed by atoms with Crippen molar-refractivity contribution >= 4 is 0 Å². The van der Waals surface area contributed by atoms with E-state index in [1.54, 1.807) is 0 Å². The fourth-order valence-electron chi connectivity index (χ4n) is 0.874. The summed E-state index contributed by atoms with van der Waals surface area (Å²) in [5.41, 5.74) is 0. The van der Waals surface area contributed by atoms with Crippen LogP contribution in [0.2, 0.25) is 0 Å². The lowest BCUT2D eigenvalue weighted by molar-refractivity contribution is -0.395. The highest BCUT2D eigenvalue weighted by atomic mass is 19.4. The Morgan fingerprint density at radius 1 is 0.684 bits per heavy atom. The lowest BCUT2D eigenvalue weighted by Gasteiger charge is -2.32. The van der Waals surface area contributed by atoms with Gasteiger partial charge in [-0.2, -0.15) is 26.3 Å². The molecule has 0 saturated carbocycles. The standard InChI is InChI=1S/C7H5F11O/c8-1(2(9)4(11)12)3(10)5(13,14)6(15,16)7(17,18)19/h1-4,19H. The summed E-state index contributed by atoms with van der Waals surface area (Å²) in [6, 6.07) is 0. The summed E-state index contributed by atoms with van der Waals surface area (Å²) in [6.07, 6.45) is -24.6. The zero-order valence-electron chi connectivity index (χ0n) is 8.41. The highest BCUT2D eigenvalue weighted by molar-refractivity contribution is 5.00. The Morgan fingerprint density at radius 2 is 1.05 bits per heavy atom. The maximum absolute atomic E-state index is 12.6. The molecular weight excluding hydrogens is 309 g/mol. The van der Waals surface area contributed by atoms with Crippen LogP contribution in [-0.4, -0.2) is 48.0 Å². The van der Waals surface area contributed by atoms with E-state index in [1.165, 1.54) is 0 Å². The Balaban J connectivity index is 5.32. The molecule has 3 unspecified atom stereocenters. The normalized spacial score (nSPS) is 19.4. The number of hydrogen-bond acceptors (Lipinski definition) is 1. The predicted octanol–water partition coefficient (Wildman–Crippen LogP) is 3.12. The largest absolute Gasteiger partial charge is 0.423 e. The summed E-state index contributed by atoms with van der Waals surface area (Å²) in [5.74, 6) is -13.4. The van der Waals surface area contributed by atoms with Gasteiger partial charge >= 0.3 is 18.0 Å². The van der Waals surface area contributed by atoms with Crippen molar-refractivity contribution in [2.24, 2.45) is 0 Å². The molecule has 0 radical (unpaired) electrons. The maximum Gasteiger partial charge on any atom is 0.423 e. The molecule has 1 N–H and O–H groups in total. The molecule has 3 atom stereocenters. The smallest absolute Gasteiger partial charge is 0.331 e. The molecule has 0 aliphatic carbocycles. The van der Waals surface area contributed by atoms with Crippen molar-refractivity contribution in [2.45, 2.75) is 42.9 Å². The van der Waals surface area contributed by atoms with Gasteiger partial charge in [-0.1, -0.05) is 0 Å². The van der Waals surface area contributed by atoms with Gasteiger partial charge in [-0.25, -0.2) is 22.0 Å². The topological polar surface area (TPSA) is 20.2 Å². The van der Waals surface area contributed by atoms with Crippen LogP contribution < -0.4 is 0 Å². The van der Waals surface area contributed by atoms with Crippen LogP contribution in [0.1, 0.15) is 0 Å². The average molecular weight is 314 g/mol. The average Bonchev–Trinajstić information content (AvgIpc) is 2.23. The van der Waals surface area contributed by atoms with Gasteiger partial charge in [-0.05, 0) is 0 Å². The van der Waals surface area contributed by atoms with Crippen molar-refractivity contribution in [2.75, 3.05) is 0 Å². The van der Waals surface area contributed by atoms with Gasteiger partial charge in [-0.3, -0.25) is 0 Å². The molecule has 0 spiro atoms. The van der Waals surface area contributed by atoms with Crippen LogP contribution in [0, 0.1) is 0 Å². The number of halogens is 11. The molecule has 116 valence electrons. The highest BCUT2D eigenvalue weighted by Gasteiger charge is 2.76.